The van der Waals surface area contributed by atoms with Crippen LogP contribution in [0.2, 0.25) is 0 Å². The zero-order valence-corrected chi connectivity index (χ0v) is 14.3. The summed E-state index contributed by atoms with van der Waals surface area (Å²) in [4.78, 5) is 11.9. The lowest BCUT2D eigenvalue weighted by Crippen LogP contribution is -2.02. The van der Waals surface area contributed by atoms with Crippen LogP contribution >= 0.6 is 0 Å². The van der Waals surface area contributed by atoms with Crippen LogP contribution in [-0.2, 0) is 4.79 Å². The topological polar surface area (TPSA) is 17.1 Å². The second kappa shape index (κ2) is 13.1. The summed E-state index contributed by atoms with van der Waals surface area (Å²) in [6.45, 7) is 2.27. The summed E-state index contributed by atoms with van der Waals surface area (Å²) < 4.78 is 0. The smallest absolute Gasteiger partial charge is 0.136 e. The molecule has 0 aromatic carbocycles. The summed E-state index contributed by atoms with van der Waals surface area (Å²) in [6.07, 6.45) is 22.3. The molecule has 0 aromatic heterocycles. The number of ketones is 1. The van der Waals surface area contributed by atoms with Crippen molar-refractivity contribution in [3.8, 4) is 0 Å². The fourth-order valence-corrected chi connectivity index (χ4v) is 3.22. The Bertz CT molecular complexity index is 290. The molecule has 0 bridgehead atoms. The second-order valence-electron chi connectivity index (χ2n) is 6.76. The molecule has 0 spiro atoms. The molecule has 0 fully saturated rings. The van der Waals surface area contributed by atoms with Gasteiger partial charge in [-0.3, -0.25) is 4.79 Å². The predicted molar refractivity (Wildman–Crippen MR) is 92.6 cm³/mol. The van der Waals surface area contributed by atoms with Crippen LogP contribution < -0.4 is 0 Å². The van der Waals surface area contributed by atoms with E-state index in [1.165, 1.54) is 89.0 Å². The molecule has 0 saturated carbocycles. The van der Waals surface area contributed by atoms with Crippen molar-refractivity contribution in [2.45, 2.75) is 110 Å². The molecule has 1 rings (SSSR count). The summed E-state index contributed by atoms with van der Waals surface area (Å²) >= 11 is 0. The SMILES string of the molecule is CCCCCCCCCCCCC(=O)CC1=CCCCC1. The van der Waals surface area contributed by atoms with Crippen molar-refractivity contribution in [2.24, 2.45) is 0 Å². The lowest BCUT2D eigenvalue weighted by atomic mass is 9.94. The van der Waals surface area contributed by atoms with Crippen molar-refractivity contribution in [1.82, 2.24) is 0 Å². The molecular formula is C20H36O. The second-order valence-corrected chi connectivity index (χ2v) is 6.76. The fraction of sp³-hybridized carbons (Fsp3) is 0.850. The molecule has 1 nitrogen and oxygen atoms in total. The first-order chi connectivity index (χ1) is 10.3. The van der Waals surface area contributed by atoms with Crippen LogP contribution in [0.3, 0.4) is 0 Å². The fourth-order valence-electron chi connectivity index (χ4n) is 3.22. The molecule has 0 saturated heterocycles. The highest BCUT2D eigenvalue weighted by Crippen LogP contribution is 2.21. The van der Waals surface area contributed by atoms with Crippen LogP contribution in [0.15, 0.2) is 11.6 Å². The average Bonchev–Trinajstić information content (AvgIpc) is 2.50. The summed E-state index contributed by atoms with van der Waals surface area (Å²) in [7, 11) is 0. The highest BCUT2D eigenvalue weighted by atomic mass is 16.1. The lowest BCUT2D eigenvalue weighted by Gasteiger charge is -2.11. The van der Waals surface area contributed by atoms with Gasteiger partial charge in [0.05, 0.1) is 0 Å². The van der Waals surface area contributed by atoms with E-state index in [2.05, 4.69) is 13.0 Å². The summed E-state index contributed by atoms with van der Waals surface area (Å²) in [5.74, 6) is 0.475. The monoisotopic (exact) mass is 292 g/mol. The first-order valence-corrected chi connectivity index (χ1v) is 9.52. The molecule has 0 atom stereocenters. The van der Waals surface area contributed by atoms with Crippen LogP contribution in [0.4, 0.5) is 0 Å². The largest absolute Gasteiger partial charge is 0.299 e. The van der Waals surface area contributed by atoms with Crippen LogP contribution in [0.1, 0.15) is 110 Å². The van der Waals surface area contributed by atoms with Crippen LogP contribution in [0.25, 0.3) is 0 Å². The highest BCUT2D eigenvalue weighted by molar-refractivity contribution is 5.80. The maximum atomic E-state index is 11.9. The molecule has 1 aliphatic carbocycles. The van der Waals surface area contributed by atoms with Gasteiger partial charge < -0.3 is 0 Å². The van der Waals surface area contributed by atoms with Gasteiger partial charge in [-0.25, -0.2) is 0 Å². The number of allylic oxidation sites excluding steroid dienone is 2. The number of hydrogen-bond acceptors (Lipinski definition) is 1. The third-order valence-corrected chi connectivity index (χ3v) is 4.62. The Hall–Kier alpha value is -0.590. The highest BCUT2D eigenvalue weighted by Gasteiger charge is 2.08. The van der Waals surface area contributed by atoms with Crippen molar-refractivity contribution < 1.29 is 4.79 Å². The Morgan fingerprint density at radius 1 is 0.905 bits per heavy atom. The molecule has 0 aliphatic heterocycles. The normalized spacial score (nSPS) is 15.0. The molecule has 0 amide bonds. The van der Waals surface area contributed by atoms with Gasteiger partial charge in [0.2, 0.25) is 0 Å². The zero-order valence-electron chi connectivity index (χ0n) is 14.3. The van der Waals surface area contributed by atoms with Crippen LogP contribution in [0, 0.1) is 0 Å². The van der Waals surface area contributed by atoms with Crippen molar-refractivity contribution in [3.05, 3.63) is 11.6 Å². The molecule has 0 aromatic rings. The Morgan fingerprint density at radius 3 is 2.10 bits per heavy atom. The molecule has 21 heavy (non-hydrogen) atoms. The van der Waals surface area contributed by atoms with Crippen LogP contribution in [0.5, 0.6) is 0 Å². The van der Waals surface area contributed by atoms with Gasteiger partial charge in [-0.2, -0.15) is 0 Å². The third kappa shape index (κ3) is 10.7. The predicted octanol–water partition coefficient (Wildman–Crippen LogP) is 6.76. The number of hydrogen-bond donors (Lipinski definition) is 0. The standard InChI is InChI=1S/C20H36O/c1-2-3-4-5-6-7-8-9-10-14-17-20(21)18-19-15-12-11-13-16-19/h15H,2-14,16-18H2,1H3. The Balaban J connectivity index is 1.85. The third-order valence-electron chi connectivity index (χ3n) is 4.62. The van der Waals surface area contributed by atoms with Gasteiger partial charge in [0.1, 0.15) is 5.78 Å². The summed E-state index contributed by atoms with van der Waals surface area (Å²) in [5.41, 5.74) is 1.42. The molecule has 0 heterocycles. The summed E-state index contributed by atoms with van der Waals surface area (Å²) in [5, 5.41) is 0. The molecule has 122 valence electrons. The van der Waals surface area contributed by atoms with Crippen molar-refractivity contribution in [1.29, 1.82) is 0 Å². The van der Waals surface area contributed by atoms with Gasteiger partial charge in [0.15, 0.2) is 0 Å². The molecule has 0 unspecified atom stereocenters. The Kier molecular flexibility index (Phi) is 11.5. The zero-order chi connectivity index (χ0) is 15.2. The average molecular weight is 293 g/mol. The van der Waals surface area contributed by atoms with Gasteiger partial charge in [-0.1, -0.05) is 76.4 Å². The minimum atomic E-state index is 0.475. The molecule has 1 aliphatic rings. The van der Waals surface area contributed by atoms with E-state index in [0.717, 1.165) is 19.3 Å². The van der Waals surface area contributed by atoms with E-state index >= 15 is 0 Å². The van der Waals surface area contributed by atoms with E-state index in [9.17, 15) is 4.79 Å². The quantitative estimate of drug-likeness (QED) is 0.271. The number of Topliss-reactive ketones (excluding diaryl/α,β-unsaturated/α-hetero) is 1. The van der Waals surface area contributed by atoms with Gasteiger partial charge in [0.25, 0.3) is 0 Å². The molecular weight excluding hydrogens is 256 g/mol. The van der Waals surface area contributed by atoms with Crippen LogP contribution in [-0.4, -0.2) is 5.78 Å². The van der Waals surface area contributed by atoms with Gasteiger partial charge in [0, 0.05) is 12.8 Å². The van der Waals surface area contributed by atoms with Crippen molar-refractivity contribution in [2.75, 3.05) is 0 Å². The van der Waals surface area contributed by atoms with Crippen molar-refractivity contribution in [3.63, 3.8) is 0 Å². The minimum Gasteiger partial charge on any atom is -0.299 e. The summed E-state index contributed by atoms with van der Waals surface area (Å²) in [6, 6.07) is 0. The van der Waals surface area contributed by atoms with E-state index in [4.69, 9.17) is 0 Å². The number of carbonyl (C=O) groups excluding carboxylic acids is 1. The van der Waals surface area contributed by atoms with E-state index in [0.29, 0.717) is 5.78 Å². The van der Waals surface area contributed by atoms with E-state index < -0.39 is 0 Å². The van der Waals surface area contributed by atoms with E-state index in [1.807, 2.05) is 0 Å². The number of carbonyl (C=O) groups is 1. The Morgan fingerprint density at radius 2 is 1.52 bits per heavy atom. The van der Waals surface area contributed by atoms with E-state index in [1.54, 1.807) is 0 Å². The Labute approximate surface area is 132 Å². The van der Waals surface area contributed by atoms with Gasteiger partial charge in [-0.15, -0.1) is 0 Å². The van der Waals surface area contributed by atoms with Gasteiger partial charge >= 0.3 is 0 Å². The lowest BCUT2D eigenvalue weighted by molar-refractivity contribution is -0.118. The maximum Gasteiger partial charge on any atom is 0.136 e. The molecule has 1 heteroatoms. The first-order valence-electron chi connectivity index (χ1n) is 9.52. The van der Waals surface area contributed by atoms with Crippen molar-refractivity contribution >= 4 is 5.78 Å². The maximum absolute atomic E-state index is 11.9. The minimum absolute atomic E-state index is 0.475. The number of rotatable bonds is 13. The van der Waals surface area contributed by atoms with E-state index in [-0.39, 0.29) is 0 Å². The number of unbranched alkanes of at least 4 members (excludes halogenated alkanes) is 9. The molecule has 0 radical (unpaired) electrons. The molecule has 0 N–H and O–H groups in total. The first kappa shape index (κ1) is 18.5. The van der Waals surface area contributed by atoms with Gasteiger partial charge in [-0.05, 0) is 32.1 Å².